The average Bonchev–Trinajstić information content (AvgIpc) is 2.65. The zero-order chi connectivity index (χ0) is 10.9. The van der Waals surface area contributed by atoms with E-state index in [4.69, 9.17) is 25.8 Å². The lowest BCUT2D eigenvalue weighted by Gasteiger charge is -2.25. The molecular weight excluding hydrogens is 216 g/mol. The fraction of sp³-hybridized carbons (Fsp3) is 0.455. The van der Waals surface area contributed by atoms with Crippen molar-refractivity contribution in [1.82, 2.24) is 0 Å². The molecule has 0 aliphatic carbocycles. The number of aryl methyl sites for hydroxylation is 1. The summed E-state index contributed by atoms with van der Waals surface area (Å²) in [4.78, 5) is 0. The maximum Gasteiger partial charge on any atom is 0.311 e. The lowest BCUT2D eigenvalue weighted by Crippen LogP contribution is -2.29. The van der Waals surface area contributed by atoms with E-state index in [2.05, 4.69) is 0 Å². The first-order chi connectivity index (χ1) is 7.16. The van der Waals surface area contributed by atoms with Gasteiger partial charge in [-0.05, 0) is 30.7 Å². The number of methoxy groups -OCH3 is 1. The van der Waals surface area contributed by atoms with Crippen LogP contribution < -0.4 is 0 Å². The molecule has 0 unspecified atom stereocenters. The summed E-state index contributed by atoms with van der Waals surface area (Å²) in [5.74, 6) is -1.07. The van der Waals surface area contributed by atoms with Gasteiger partial charge in [0.2, 0.25) is 0 Å². The van der Waals surface area contributed by atoms with Gasteiger partial charge in [-0.2, -0.15) is 0 Å². The molecule has 1 aromatic carbocycles. The summed E-state index contributed by atoms with van der Waals surface area (Å²) >= 11 is 5.98. The van der Waals surface area contributed by atoms with Gasteiger partial charge in [0.25, 0.3) is 0 Å². The number of hydrogen-bond donors (Lipinski definition) is 0. The van der Waals surface area contributed by atoms with E-state index in [-0.39, 0.29) is 0 Å². The second kappa shape index (κ2) is 4.10. The van der Waals surface area contributed by atoms with E-state index in [0.717, 1.165) is 11.1 Å². The van der Waals surface area contributed by atoms with Gasteiger partial charge in [0.1, 0.15) is 0 Å². The fourth-order valence-corrected chi connectivity index (χ4v) is 2.00. The van der Waals surface area contributed by atoms with Crippen LogP contribution in [0.1, 0.15) is 11.1 Å². The Balaban J connectivity index is 2.42. The van der Waals surface area contributed by atoms with Crippen LogP contribution >= 0.6 is 11.6 Å². The Bertz CT molecular complexity index is 339. The molecule has 0 aromatic heterocycles. The summed E-state index contributed by atoms with van der Waals surface area (Å²) in [6.07, 6.45) is 0. The van der Waals surface area contributed by atoms with Crippen LogP contribution in [-0.4, -0.2) is 20.3 Å². The molecule has 2 rings (SSSR count). The van der Waals surface area contributed by atoms with E-state index in [1.807, 2.05) is 19.1 Å². The molecule has 1 fully saturated rings. The van der Waals surface area contributed by atoms with Gasteiger partial charge in [-0.1, -0.05) is 11.6 Å². The Morgan fingerprint density at radius 3 is 2.47 bits per heavy atom. The summed E-state index contributed by atoms with van der Waals surface area (Å²) in [5.41, 5.74) is 1.85. The topological polar surface area (TPSA) is 27.7 Å². The van der Waals surface area contributed by atoms with Crippen molar-refractivity contribution in [2.75, 3.05) is 20.3 Å². The lowest BCUT2D eigenvalue weighted by atomic mass is 10.1. The van der Waals surface area contributed by atoms with Crippen LogP contribution in [0.2, 0.25) is 5.02 Å². The van der Waals surface area contributed by atoms with Crippen LogP contribution in [0.15, 0.2) is 18.2 Å². The molecule has 0 N–H and O–H groups in total. The zero-order valence-electron chi connectivity index (χ0n) is 8.75. The quantitative estimate of drug-likeness (QED) is 0.778. The molecular formula is C11H13ClO3. The summed E-state index contributed by atoms with van der Waals surface area (Å²) in [7, 11) is 1.56. The van der Waals surface area contributed by atoms with Gasteiger partial charge in [-0.15, -0.1) is 0 Å². The van der Waals surface area contributed by atoms with Crippen molar-refractivity contribution in [3.63, 3.8) is 0 Å². The monoisotopic (exact) mass is 228 g/mol. The minimum absolute atomic E-state index is 0.527. The van der Waals surface area contributed by atoms with Crippen molar-refractivity contribution < 1.29 is 14.2 Å². The smallest absolute Gasteiger partial charge is 0.311 e. The molecule has 82 valence electrons. The van der Waals surface area contributed by atoms with E-state index in [0.29, 0.717) is 18.2 Å². The van der Waals surface area contributed by atoms with Crippen LogP contribution in [0.3, 0.4) is 0 Å². The predicted molar refractivity (Wildman–Crippen MR) is 56.8 cm³/mol. The van der Waals surface area contributed by atoms with Crippen molar-refractivity contribution in [1.29, 1.82) is 0 Å². The van der Waals surface area contributed by atoms with Crippen molar-refractivity contribution in [2.24, 2.45) is 0 Å². The zero-order valence-corrected chi connectivity index (χ0v) is 9.50. The molecule has 0 spiro atoms. The highest BCUT2D eigenvalue weighted by molar-refractivity contribution is 6.30. The Kier molecular flexibility index (Phi) is 2.98. The third-order valence-corrected chi connectivity index (χ3v) is 2.55. The summed E-state index contributed by atoms with van der Waals surface area (Å²) in [6.45, 7) is 3.02. The van der Waals surface area contributed by atoms with Crippen LogP contribution in [-0.2, 0) is 20.2 Å². The van der Waals surface area contributed by atoms with Gasteiger partial charge in [-0.3, -0.25) is 0 Å². The molecule has 1 heterocycles. The Labute approximate surface area is 93.9 Å². The molecule has 1 aliphatic heterocycles. The van der Waals surface area contributed by atoms with Gasteiger partial charge < -0.3 is 14.2 Å². The Morgan fingerprint density at radius 2 is 1.93 bits per heavy atom. The SMILES string of the molecule is COC1(c2cc(C)cc(Cl)c2)OCCO1. The molecule has 1 aromatic rings. The van der Waals surface area contributed by atoms with E-state index in [1.54, 1.807) is 13.2 Å². The molecule has 1 aliphatic rings. The maximum atomic E-state index is 5.98. The predicted octanol–water partition coefficient (Wildman–Crippen LogP) is 2.45. The normalized spacial score (nSPS) is 19.4. The Hall–Kier alpha value is -0.610. The van der Waals surface area contributed by atoms with Gasteiger partial charge in [0, 0.05) is 17.7 Å². The van der Waals surface area contributed by atoms with Gasteiger partial charge in [0.05, 0.1) is 13.2 Å². The summed E-state index contributed by atoms with van der Waals surface area (Å²) < 4.78 is 16.3. The number of hydrogen-bond acceptors (Lipinski definition) is 3. The van der Waals surface area contributed by atoms with Gasteiger partial charge in [-0.25, -0.2) is 0 Å². The molecule has 0 saturated carbocycles. The maximum absolute atomic E-state index is 5.98. The third kappa shape index (κ3) is 2.01. The van der Waals surface area contributed by atoms with E-state index < -0.39 is 5.97 Å². The third-order valence-electron chi connectivity index (χ3n) is 2.33. The molecule has 3 nitrogen and oxygen atoms in total. The molecule has 15 heavy (non-hydrogen) atoms. The highest BCUT2D eigenvalue weighted by Crippen LogP contribution is 2.33. The van der Waals surface area contributed by atoms with Crippen LogP contribution in [0.25, 0.3) is 0 Å². The molecule has 0 radical (unpaired) electrons. The van der Waals surface area contributed by atoms with Crippen molar-refractivity contribution in [2.45, 2.75) is 12.9 Å². The van der Waals surface area contributed by atoms with Crippen molar-refractivity contribution in [3.05, 3.63) is 34.3 Å². The first kappa shape index (κ1) is 10.9. The highest BCUT2D eigenvalue weighted by atomic mass is 35.5. The first-order valence-corrected chi connectivity index (χ1v) is 5.15. The number of halogens is 1. The van der Waals surface area contributed by atoms with Gasteiger partial charge >= 0.3 is 5.97 Å². The first-order valence-electron chi connectivity index (χ1n) is 4.77. The molecule has 0 amide bonds. The van der Waals surface area contributed by atoms with Crippen LogP contribution in [0.4, 0.5) is 0 Å². The molecule has 4 heteroatoms. The Morgan fingerprint density at radius 1 is 1.27 bits per heavy atom. The molecule has 1 saturated heterocycles. The minimum Gasteiger partial charge on any atom is -0.327 e. The minimum atomic E-state index is -1.07. The van der Waals surface area contributed by atoms with E-state index >= 15 is 0 Å². The molecule has 0 bridgehead atoms. The average molecular weight is 229 g/mol. The van der Waals surface area contributed by atoms with Crippen molar-refractivity contribution in [3.8, 4) is 0 Å². The largest absolute Gasteiger partial charge is 0.327 e. The standard InChI is InChI=1S/C11H13ClO3/c1-8-5-9(7-10(12)6-8)11(13-2)14-3-4-15-11/h5-7H,3-4H2,1-2H3. The van der Waals surface area contributed by atoms with Gasteiger partial charge in [0.15, 0.2) is 0 Å². The highest BCUT2D eigenvalue weighted by Gasteiger charge is 2.39. The molecule has 0 atom stereocenters. The van der Waals surface area contributed by atoms with E-state index in [1.165, 1.54) is 0 Å². The number of ether oxygens (including phenoxy) is 3. The second-order valence-electron chi connectivity index (χ2n) is 3.47. The number of rotatable bonds is 2. The van der Waals surface area contributed by atoms with E-state index in [9.17, 15) is 0 Å². The van der Waals surface area contributed by atoms with Crippen LogP contribution in [0, 0.1) is 6.92 Å². The summed E-state index contributed by atoms with van der Waals surface area (Å²) in [5, 5.41) is 0.653. The second-order valence-corrected chi connectivity index (χ2v) is 3.91. The number of benzene rings is 1. The summed E-state index contributed by atoms with van der Waals surface area (Å²) in [6, 6.07) is 5.62. The lowest BCUT2D eigenvalue weighted by molar-refractivity contribution is -0.331. The fourth-order valence-electron chi connectivity index (χ4n) is 1.71. The van der Waals surface area contributed by atoms with Crippen LogP contribution in [0.5, 0.6) is 0 Å². The van der Waals surface area contributed by atoms with Crippen molar-refractivity contribution >= 4 is 11.6 Å².